The fourth-order valence-electron chi connectivity index (χ4n) is 13.1. The lowest BCUT2D eigenvalue weighted by Gasteiger charge is -2.71. The van der Waals surface area contributed by atoms with E-state index >= 15 is 0 Å². The molecule has 346 valence electrons. The molecule has 1 aliphatic heterocycles. The molecular weight excluding hydrogens is 800 g/mol. The van der Waals surface area contributed by atoms with Gasteiger partial charge in [-0.2, -0.15) is 18.3 Å². The summed E-state index contributed by atoms with van der Waals surface area (Å²) in [6, 6.07) is 4.18. The van der Waals surface area contributed by atoms with Crippen molar-refractivity contribution in [3.8, 4) is 11.4 Å². The summed E-state index contributed by atoms with van der Waals surface area (Å²) in [5.41, 5.74) is 7.55. The average Bonchev–Trinajstić information content (AvgIpc) is 3.66. The van der Waals surface area contributed by atoms with Crippen LogP contribution in [0, 0.1) is 62.1 Å². The molecule has 0 spiro atoms. The Morgan fingerprint density at radius 1 is 1.05 bits per heavy atom. The number of carbonyl (C=O) groups excluding carboxylic acids is 1. The number of nitrogens with two attached hydrogens (primary N) is 1. The lowest BCUT2D eigenvalue weighted by molar-refractivity contribution is -0.344. The van der Waals surface area contributed by atoms with Gasteiger partial charge in [-0.3, -0.25) is 9.36 Å². The van der Waals surface area contributed by atoms with Gasteiger partial charge in [-0.25, -0.2) is 9.67 Å². The SMILES string of the molecule is CCn1cc[c+](-c2ncnn2[C@@H]2C[C@@]34COC[C@](C)([C@@H]3CC[C@H]3C4=CC[C@@]4(C)[C@H](C(=O)O)[C@@](C)([C@H](C)C(C)C)CC[C@]34C)[C@H]2OC[C@](C)(N)C(C)(C)C)cc1.O=C([O-])C(F)(F)F. The van der Waals surface area contributed by atoms with Crippen LogP contribution in [0.5, 0.6) is 0 Å². The van der Waals surface area contributed by atoms with E-state index in [2.05, 4.69) is 123 Å². The van der Waals surface area contributed by atoms with E-state index in [0.29, 0.717) is 37.6 Å². The second-order valence-electron chi connectivity index (χ2n) is 22.2. The minimum absolute atomic E-state index is 0.106. The number of aliphatic carboxylic acids is 2. The monoisotopic (exact) mass is 872 g/mol. The first-order valence-corrected chi connectivity index (χ1v) is 22.6. The molecule has 4 aliphatic carbocycles. The minimum atomic E-state index is -5.19. The summed E-state index contributed by atoms with van der Waals surface area (Å²) < 4.78 is 50.0. The molecule has 0 radical (unpaired) electrons. The van der Waals surface area contributed by atoms with E-state index < -0.39 is 29.6 Å². The molecule has 12 atom stereocenters. The number of pyridine rings is 1. The smallest absolute Gasteiger partial charge is 0.430 e. The first-order valence-electron chi connectivity index (χ1n) is 22.6. The van der Waals surface area contributed by atoms with Crippen LogP contribution in [-0.2, 0) is 25.6 Å². The second-order valence-corrected chi connectivity index (χ2v) is 22.2. The number of aryl methyl sites for hydroxylation is 1. The second kappa shape index (κ2) is 16.3. The molecule has 7 rings (SSSR count). The Morgan fingerprint density at radius 2 is 1.68 bits per heavy atom. The molecule has 0 unspecified atom stereocenters. The zero-order chi connectivity index (χ0) is 46.2. The van der Waals surface area contributed by atoms with Gasteiger partial charge in [0, 0.05) is 22.9 Å². The summed E-state index contributed by atoms with van der Waals surface area (Å²) in [5, 5.41) is 25.0. The predicted molar refractivity (Wildman–Crippen MR) is 229 cm³/mol. The summed E-state index contributed by atoms with van der Waals surface area (Å²) in [6.45, 7) is 29.8. The molecule has 14 heteroatoms. The van der Waals surface area contributed by atoms with Gasteiger partial charge in [0.05, 0.1) is 50.0 Å². The van der Waals surface area contributed by atoms with Crippen LogP contribution < -0.4 is 10.8 Å². The molecule has 3 heterocycles. The van der Waals surface area contributed by atoms with Crippen molar-refractivity contribution in [1.82, 2.24) is 19.3 Å². The number of allylic oxidation sites excluding steroid dienone is 1. The lowest BCUT2D eigenvalue weighted by atomic mass is 9.34. The highest BCUT2D eigenvalue weighted by atomic mass is 19.4. The quantitative estimate of drug-likeness (QED) is 0.186. The largest absolute Gasteiger partial charge is 0.542 e. The van der Waals surface area contributed by atoms with Gasteiger partial charge < -0.3 is 30.2 Å². The van der Waals surface area contributed by atoms with E-state index in [-0.39, 0.29) is 50.6 Å². The number of nitrogens with zero attached hydrogens (tertiary/aromatic N) is 4. The number of carbonyl (C=O) groups is 2. The highest BCUT2D eigenvalue weighted by Crippen LogP contribution is 2.75. The van der Waals surface area contributed by atoms with Crippen LogP contribution in [0.1, 0.15) is 128 Å². The van der Waals surface area contributed by atoms with Crippen LogP contribution in [0.2, 0.25) is 0 Å². The Kier molecular flexibility index (Phi) is 12.6. The van der Waals surface area contributed by atoms with E-state index in [1.54, 1.807) is 6.33 Å². The molecule has 0 aromatic carbocycles. The van der Waals surface area contributed by atoms with Crippen molar-refractivity contribution in [1.29, 1.82) is 0 Å². The molecular formula is C48H72F3N5O6. The maximum absolute atomic E-state index is 13.6. The third kappa shape index (κ3) is 7.63. The van der Waals surface area contributed by atoms with Gasteiger partial charge in [0.15, 0.2) is 0 Å². The summed E-state index contributed by atoms with van der Waals surface area (Å²) in [6.07, 6.45) is 8.77. The molecule has 2 aromatic rings. The summed E-state index contributed by atoms with van der Waals surface area (Å²) in [4.78, 5) is 27.3. The first kappa shape index (κ1) is 48.1. The molecule has 2 bridgehead atoms. The van der Waals surface area contributed by atoms with E-state index in [4.69, 9.17) is 35.2 Å². The number of ether oxygens (including phenoxy) is 2. The number of rotatable bonds is 9. The summed E-state index contributed by atoms with van der Waals surface area (Å²) in [7, 11) is 0. The molecule has 4 fully saturated rings. The number of alkyl halides is 3. The van der Waals surface area contributed by atoms with Crippen LogP contribution in [0.15, 0.2) is 42.5 Å². The number of aromatic nitrogens is 4. The normalized spacial score (nSPS) is 37.0. The maximum atomic E-state index is 13.6. The third-order valence-electron chi connectivity index (χ3n) is 18.0. The lowest BCUT2D eigenvalue weighted by Crippen LogP contribution is -2.69. The number of halogens is 3. The van der Waals surface area contributed by atoms with E-state index in [1.807, 2.05) is 0 Å². The fraction of sp³-hybridized carbons (Fsp3) is 0.771. The van der Waals surface area contributed by atoms with Crippen LogP contribution in [-0.4, -0.2) is 74.0 Å². The molecule has 2 aromatic heterocycles. The topological polar surface area (TPSA) is 158 Å². The van der Waals surface area contributed by atoms with Crippen molar-refractivity contribution in [2.45, 2.75) is 152 Å². The molecule has 3 N–H and O–H groups in total. The fourth-order valence-corrected chi connectivity index (χ4v) is 13.1. The Morgan fingerprint density at radius 3 is 2.23 bits per heavy atom. The van der Waals surface area contributed by atoms with Crippen LogP contribution in [0.25, 0.3) is 11.4 Å². The highest BCUT2D eigenvalue weighted by Gasteiger charge is 2.72. The van der Waals surface area contributed by atoms with Crippen molar-refractivity contribution in [3.05, 3.63) is 42.5 Å². The van der Waals surface area contributed by atoms with Crippen LogP contribution in [0.4, 0.5) is 13.2 Å². The Bertz CT molecular complexity index is 2010. The summed E-state index contributed by atoms with van der Waals surface area (Å²) in [5.74, 6) is -1.84. The number of carboxylic acid groups (broad SMARTS) is 2. The van der Waals surface area contributed by atoms with Gasteiger partial charge in [-0.05, 0) is 97.7 Å². The molecule has 0 amide bonds. The van der Waals surface area contributed by atoms with Crippen LogP contribution in [0.3, 0.4) is 0 Å². The van der Waals surface area contributed by atoms with Crippen molar-refractivity contribution in [2.24, 2.45) is 67.8 Å². The van der Waals surface area contributed by atoms with E-state index in [9.17, 15) is 23.1 Å². The van der Waals surface area contributed by atoms with E-state index in [0.717, 1.165) is 56.5 Å². The van der Waals surface area contributed by atoms with Gasteiger partial charge >= 0.3 is 12.1 Å². The molecule has 62 heavy (non-hydrogen) atoms. The van der Waals surface area contributed by atoms with Crippen molar-refractivity contribution in [3.63, 3.8) is 0 Å². The Labute approximate surface area is 366 Å². The van der Waals surface area contributed by atoms with Gasteiger partial charge in [0.2, 0.25) is 5.82 Å². The average molecular weight is 872 g/mol. The predicted octanol–water partition coefficient (Wildman–Crippen LogP) is 8.62. The standard InChI is InChI=1S/C46H71N5O4.C2HF3O2/c1-13-50-22-17-31(18-23-50)38-48-28-49-51(38)34-24-46-27-54-25-42(9,37(34)55-26-45(12,47)40(5,6)7)35(46)15-14-32-33(46)16-19-44(11)36(39(52)53)41(8,30(4)29(2)3)20-21-43(32,44)10;3-2(4,5)1(6)7/h16-18,22-23,28-30,32,34-37H,13-15,19-21,24-27,47H2,1-12H3;(H,6,7)/t30-,32+,34-,35+,36-,37+,41-,42-,43-,44+,45+,46+;/m1./s1. The Balaban J connectivity index is 0.000000845. The molecule has 11 nitrogen and oxygen atoms in total. The van der Waals surface area contributed by atoms with Crippen molar-refractivity contribution >= 4 is 11.9 Å². The van der Waals surface area contributed by atoms with Gasteiger partial charge in [0.1, 0.15) is 30.3 Å². The van der Waals surface area contributed by atoms with Crippen molar-refractivity contribution < 1.29 is 42.4 Å². The maximum Gasteiger partial charge on any atom is 0.430 e. The highest BCUT2D eigenvalue weighted by molar-refractivity contribution is 5.73. The third-order valence-corrected chi connectivity index (χ3v) is 18.0. The van der Waals surface area contributed by atoms with E-state index in [1.165, 1.54) is 5.57 Å². The van der Waals surface area contributed by atoms with Crippen LogP contribution >= 0.6 is 0 Å². The molecule has 1 saturated heterocycles. The van der Waals surface area contributed by atoms with Gasteiger partial charge in [-0.1, -0.05) is 80.9 Å². The summed E-state index contributed by atoms with van der Waals surface area (Å²) >= 11 is 0. The first-order chi connectivity index (χ1) is 28.6. The van der Waals surface area contributed by atoms with Crippen molar-refractivity contribution in [2.75, 3.05) is 19.8 Å². The number of fused-ring (bicyclic) bond motifs is 3. The van der Waals surface area contributed by atoms with Gasteiger partial charge in [0.25, 0.3) is 0 Å². The van der Waals surface area contributed by atoms with Gasteiger partial charge in [-0.15, -0.1) is 0 Å². The molecule has 3 saturated carbocycles. The molecule has 5 aliphatic rings. The number of hydrogen-bond acceptors (Lipinski definition) is 8. The zero-order valence-electron chi connectivity index (χ0n) is 39.1. The number of hydrogen-bond donors (Lipinski definition) is 2. The zero-order valence-corrected chi connectivity index (χ0v) is 39.1. The minimum Gasteiger partial charge on any atom is -0.542 e. The Hall–Kier alpha value is -3.36. The number of carboxylic acids is 2.